The predicted octanol–water partition coefficient (Wildman–Crippen LogP) is 0.831. The van der Waals surface area contributed by atoms with Gasteiger partial charge in [-0.1, -0.05) is 0 Å². The molecular weight excluding hydrogens is 196 g/mol. The minimum absolute atomic E-state index is 0.393. The van der Waals surface area contributed by atoms with Crippen LogP contribution in [0.15, 0.2) is 0 Å². The van der Waals surface area contributed by atoms with Crippen molar-refractivity contribution in [1.29, 1.82) is 0 Å². The van der Waals surface area contributed by atoms with Crippen molar-refractivity contribution in [1.82, 2.24) is 9.47 Å². The van der Waals surface area contributed by atoms with Gasteiger partial charge in [-0.3, -0.25) is 9.47 Å². The van der Waals surface area contributed by atoms with Crippen LogP contribution >= 0.6 is 0 Å². The van der Waals surface area contributed by atoms with E-state index in [1.54, 1.807) is 14.2 Å². The Morgan fingerprint density at radius 3 is 2.29 bits per heavy atom. The van der Waals surface area contributed by atoms with Crippen LogP contribution in [0.1, 0.15) is 13.3 Å². The first-order chi connectivity index (χ1) is 6.57. The Bertz CT molecular complexity index is 186. The van der Waals surface area contributed by atoms with Gasteiger partial charge in [0.1, 0.15) is 0 Å². The molecule has 14 heavy (non-hydrogen) atoms. The molecule has 0 radical (unpaired) electrons. The quantitative estimate of drug-likeness (QED) is 0.653. The van der Waals surface area contributed by atoms with Crippen molar-refractivity contribution in [2.24, 2.45) is 0 Å². The summed E-state index contributed by atoms with van der Waals surface area (Å²) in [5, 5.41) is 0. The molecule has 1 heterocycles. The number of hydrogen-bond acceptors (Lipinski definition) is 4. The zero-order valence-electron chi connectivity index (χ0n) is 9.91. The summed E-state index contributed by atoms with van der Waals surface area (Å²) in [5.41, 5.74) is 0. The Hall–Kier alpha value is 0.0569. The second kappa shape index (κ2) is 4.72. The monoisotopic (exact) mass is 218 g/mol. The van der Waals surface area contributed by atoms with Gasteiger partial charge in [-0.2, -0.15) is 0 Å². The van der Waals surface area contributed by atoms with Crippen molar-refractivity contribution in [3.05, 3.63) is 0 Å². The third-order valence-electron chi connectivity index (χ3n) is 3.17. The molecule has 1 aliphatic rings. The van der Waals surface area contributed by atoms with Crippen molar-refractivity contribution in [3.63, 3.8) is 0 Å². The van der Waals surface area contributed by atoms with E-state index in [0.29, 0.717) is 6.17 Å². The lowest BCUT2D eigenvalue weighted by molar-refractivity contribution is 0.102. The molecule has 0 saturated carbocycles. The largest absolute Gasteiger partial charge is 0.428 e. The summed E-state index contributed by atoms with van der Waals surface area (Å²) in [7, 11) is 5.69. The molecular formula is C9H22N2O2Si. The first-order valence-corrected chi connectivity index (χ1v) is 7.08. The Kier molecular flexibility index (Phi) is 4.09. The van der Waals surface area contributed by atoms with Crippen LogP contribution < -0.4 is 0 Å². The lowest BCUT2D eigenvalue weighted by atomic mass is 10.4. The van der Waals surface area contributed by atoms with Crippen molar-refractivity contribution >= 4 is 8.72 Å². The first kappa shape index (κ1) is 12.1. The third kappa shape index (κ3) is 2.01. The topological polar surface area (TPSA) is 24.9 Å². The van der Waals surface area contributed by atoms with E-state index in [1.165, 1.54) is 6.42 Å². The minimum Gasteiger partial charge on any atom is -0.386 e. The van der Waals surface area contributed by atoms with Gasteiger partial charge in [0.2, 0.25) is 0 Å². The highest BCUT2D eigenvalue weighted by Crippen LogP contribution is 2.29. The molecule has 1 unspecified atom stereocenters. The maximum atomic E-state index is 5.65. The minimum atomic E-state index is -2.04. The fourth-order valence-electron chi connectivity index (χ4n) is 2.06. The van der Waals surface area contributed by atoms with E-state index >= 15 is 0 Å². The summed E-state index contributed by atoms with van der Waals surface area (Å²) in [4.78, 5) is 2.20. The molecule has 4 nitrogen and oxygen atoms in total. The maximum absolute atomic E-state index is 5.65. The third-order valence-corrected chi connectivity index (χ3v) is 6.90. The number of rotatable bonds is 4. The van der Waals surface area contributed by atoms with Gasteiger partial charge in [-0.05, 0) is 34.0 Å². The van der Waals surface area contributed by atoms with Crippen LogP contribution in [0, 0.1) is 0 Å². The lowest BCUT2D eigenvalue weighted by Gasteiger charge is -2.39. The molecule has 0 aromatic heterocycles. The van der Waals surface area contributed by atoms with Gasteiger partial charge in [0.15, 0.2) is 0 Å². The fourth-order valence-corrected chi connectivity index (χ4v) is 5.29. The van der Waals surface area contributed by atoms with Crippen LogP contribution in [0.3, 0.4) is 0 Å². The summed E-state index contributed by atoms with van der Waals surface area (Å²) in [5.74, 6) is 0. The summed E-state index contributed by atoms with van der Waals surface area (Å²) >= 11 is 0. The summed E-state index contributed by atoms with van der Waals surface area (Å²) < 4.78 is 13.7. The molecule has 1 rings (SSSR count). The Morgan fingerprint density at radius 2 is 1.86 bits per heavy atom. The smallest absolute Gasteiger partial charge is 0.386 e. The van der Waals surface area contributed by atoms with Gasteiger partial charge in [-0.15, -0.1) is 0 Å². The van der Waals surface area contributed by atoms with Crippen molar-refractivity contribution in [2.45, 2.75) is 25.6 Å². The molecule has 0 N–H and O–H groups in total. The Morgan fingerprint density at radius 1 is 1.29 bits per heavy atom. The highest BCUT2D eigenvalue weighted by molar-refractivity contribution is 6.65. The summed E-state index contributed by atoms with van der Waals surface area (Å²) in [6.07, 6.45) is 1.58. The van der Waals surface area contributed by atoms with Gasteiger partial charge in [-0.25, -0.2) is 0 Å². The SMILES string of the molecule is CO[Si]1(OC)CCCN1C(C)N(C)C. The summed E-state index contributed by atoms with van der Waals surface area (Å²) in [6.45, 7) is 3.29. The fraction of sp³-hybridized carbons (Fsp3) is 1.00. The van der Waals surface area contributed by atoms with Crippen LogP contribution in [-0.2, 0) is 8.85 Å². The molecule has 0 aromatic rings. The van der Waals surface area contributed by atoms with Crippen molar-refractivity contribution < 1.29 is 8.85 Å². The average molecular weight is 218 g/mol. The zero-order chi connectivity index (χ0) is 10.8. The second-order valence-electron chi connectivity index (χ2n) is 4.01. The van der Waals surface area contributed by atoms with Crippen LogP contribution in [0.25, 0.3) is 0 Å². The molecule has 84 valence electrons. The maximum Gasteiger partial charge on any atom is 0.428 e. The van der Waals surface area contributed by atoms with E-state index in [2.05, 4.69) is 30.5 Å². The molecule has 0 amide bonds. The van der Waals surface area contributed by atoms with Crippen LogP contribution in [-0.4, -0.2) is 59.2 Å². The highest BCUT2D eigenvalue weighted by Gasteiger charge is 2.49. The van der Waals surface area contributed by atoms with Gasteiger partial charge in [0.05, 0.1) is 6.17 Å². The molecule has 0 bridgehead atoms. The molecule has 1 fully saturated rings. The number of hydrogen-bond donors (Lipinski definition) is 0. The average Bonchev–Trinajstić information content (AvgIpc) is 2.60. The van der Waals surface area contributed by atoms with Gasteiger partial charge < -0.3 is 8.85 Å². The van der Waals surface area contributed by atoms with E-state index in [-0.39, 0.29) is 0 Å². The summed E-state index contributed by atoms with van der Waals surface area (Å²) in [6, 6.07) is 1.08. The van der Waals surface area contributed by atoms with Crippen molar-refractivity contribution in [3.8, 4) is 0 Å². The normalized spacial score (nSPS) is 24.4. The van der Waals surface area contributed by atoms with E-state index in [1.807, 2.05) is 0 Å². The number of nitrogens with zero attached hydrogens (tertiary/aromatic N) is 2. The van der Waals surface area contributed by atoms with Crippen LogP contribution in [0.4, 0.5) is 0 Å². The highest BCUT2D eigenvalue weighted by atomic mass is 28.4. The van der Waals surface area contributed by atoms with E-state index in [0.717, 1.165) is 12.6 Å². The predicted molar refractivity (Wildman–Crippen MR) is 59.1 cm³/mol. The first-order valence-electron chi connectivity index (χ1n) is 5.11. The molecule has 5 heteroatoms. The van der Waals surface area contributed by atoms with E-state index in [4.69, 9.17) is 8.85 Å². The molecule has 1 aliphatic heterocycles. The van der Waals surface area contributed by atoms with Crippen LogP contribution in [0.5, 0.6) is 0 Å². The second-order valence-corrected chi connectivity index (χ2v) is 7.33. The van der Waals surface area contributed by atoms with E-state index < -0.39 is 8.72 Å². The van der Waals surface area contributed by atoms with E-state index in [9.17, 15) is 0 Å². The lowest BCUT2D eigenvalue weighted by Crippen LogP contribution is -2.59. The zero-order valence-corrected chi connectivity index (χ0v) is 10.9. The van der Waals surface area contributed by atoms with Crippen LogP contribution in [0.2, 0.25) is 6.04 Å². The molecule has 0 aromatic carbocycles. The Labute approximate surface area is 88.1 Å². The molecule has 0 aliphatic carbocycles. The van der Waals surface area contributed by atoms with Gasteiger partial charge in [0.25, 0.3) is 0 Å². The van der Waals surface area contributed by atoms with Gasteiger partial charge in [0, 0.05) is 20.3 Å². The van der Waals surface area contributed by atoms with Crippen molar-refractivity contribution in [2.75, 3.05) is 34.9 Å². The molecule has 0 spiro atoms. The molecule has 1 saturated heterocycles. The molecule has 1 atom stereocenters. The van der Waals surface area contributed by atoms with Gasteiger partial charge >= 0.3 is 8.72 Å². The Balaban J connectivity index is 2.76. The standard InChI is InChI=1S/C9H22N2O2Si/c1-9(10(2)3)11-7-6-8-14(11,12-4)13-5/h9H,6-8H2,1-5H3.